The molecule has 0 saturated heterocycles. The van der Waals surface area contributed by atoms with E-state index in [1.165, 1.54) is 0 Å². The van der Waals surface area contributed by atoms with Gasteiger partial charge in [-0.1, -0.05) is 36.4 Å². The molecular weight excluding hydrogens is 510 g/mol. The average Bonchev–Trinajstić information content (AvgIpc) is 3.55. The highest BCUT2D eigenvalue weighted by Crippen LogP contribution is 2.41. The molecule has 40 heavy (non-hydrogen) atoms. The first kappa shape index (κ1) is 25.6. The number of nitrogens with one attached hydrogen (secondary N) is 2. The van der Waals surface area contributed by atoms with E-state index < -0.39 is 17.9 Å². The summed E-state index contributed by atoms with van der Waals surface area (Å²) in [6, 6.07) is 20.0. The minimum atomic E-state index is -1.02. The van der Waals surface area contributed by atoms with Gasteiger partial charge in [-0.2, -0.15) is 0 Å². The fourth-order valence-corrected chi connectivity index (χ4v) is 4.60. The van der Waals surface area contributed by atoms with Gasteiger partial charge < -0.3 is 30.0 Å². The van der Waals surface area contributed by atoms with Gasteiger partial charge >= 0.3 is 0 Å². The van der Waals surface area contributed by atoms with Gasteiger partial charge in [-0.15, -0.1) is 10.2 Å². The van der Waals surface area contributed by atoms with E-state index in [4.69, 9.17) is 9.15 Å². The second-order valence-electron chi connectivity index (χ2n) is 9.77. The molecule has 11 nitrogen and oxygen atoms in total. The quantitative estimate of drug-likeness (QED) is 0.217. The first-order valence-corrected chi connectivity index (χ1v) is 12.7. The topological polar surface area (TPSA) is 151 Å². The Morgan fingerprint density at radius 3 is 2.52 bits per heavy atom. The maximum absolute atomic E-state index is 10.2. The molecule has 202 valence electrons. The summed E-state index contributed by atoms with van der Waals surface area (Å²) >= 11 is 0. The highest BCUT2D eigenvalue weighted by molar-refractivity contribution is 5.76. The summed E-state index contributed by atoms with van der Waals surface area (Å²) in [6.45, 7) is 3.56. The van der Waals surface area contributed by atoms with Gasteiger partial charge in [0.05, 0.1) is 29.6 Å². The molecule has 0 aliphatic carbocycles. The van der Waals surface area contributed by atoms with Gasteiger partial charge in [0, 0.05) is 24.0 Å². The highest BCUT2D eigenvalue weighted by Gasteiger charge is 2.38. The normalized spacial score (nSPS) is 16.4. The molecular formula is C29H27N7O4. The fraction of sp³-hybridized carbons (Fsp3) is 0.207. The van der Waals surface area contributed by atoms with Crippen LogP contribution in [0.1, 0.15) is 43.0 Å². The van der Waals surface area contributed by atoms with Crippen LogP contribution in [0.15, 0.2) is 83.5 Å². The van der Waals surface area contributed by atoms with Crippen molar-refractivity contribution < 1.29 is 19.4 Å². The lowest BCUT2D eigenvalue weighted by Gasteiger charge is -2.20. The van der Waals surface area contributed by atoms with Gasteiger partial charge in [-0.25, -0.2) is 9.97 Å². The standard InChI is InChI=1S/C29H27N7O4/c1-29(2)25-18(28(38)40-29)11-12-23(34-25)33-24-14-21(32-22(16-37)17-8-4-3-5-9-17)19(15-31-24)26-35-36-27(39-26)20-10-6-7-13-30-20/h3-15,22,28,37-38H,16H2,1-2H3,(H2,31,32,33,34)/t22-,28?/m1/s1. The number of pyridine rings is 3. The predicted molar refractivity (Wildman–Crippen MR) is 147 cm³/mol. The molecule has 5 heterocycles. The monoisotopic (exact) mass is 537 g/mol. The van der Waals surface area contributed by atoms with E-state index in [0.717, 1.165) is 5.56 Å². The minimum Gasteiger partial charge on any atom is -0.414 e. The number of aromatic nitrogens is 5. The van der Waals surface area contributed by atoms with E-state index in [9.17, 15) is 10.2 Å². The summed E-state index contributed by atoms with van der Waals surface area (Å²) in [5.74, 6) is 1.55. The number of aliphatic hydroxyl groups is 2. The van der Waals surface area contributed by atoms with Crippen LogP contribution in [0.25, 0.3) is 23.0 Å². The molecule has 0 saturated carbocycles. The Labute approximate surface area is 230 Å². The Balaban J connectivity index is 1.36. The van der Waals surface area contributed by atoms with Crippen molar-refractivity contribution in [1.82, 2.24) is 25.1 Å². The summed E-state index contributed by atoms with van der Waals surface area (Å²) < 4.78 is 11.6. The van der Waals surface area contributed by atoms with Crippen LogP contribution < -0.4 is 10.6 Å². The van der Waals surface area contributed by atoms with E-state index >= 15 is 0 Å². The SMILES string of the molecule is CC1(C)OC(O)c2ccc(Nc3cc(N[C@H](CO)c4ccccc4)c(-c4nnc(-c5ccccn5)o4)cn3)nc21. The Morgan fingerprint density at radius 1 is 0.950 bits per heavy atom. The zero-order chi connectivity index (χ0) is 27.7. The summed E-state index contributed by atoms with van der Waals surface area (Å²) in [5.41, 5.74) is 3.17. The van der Waals surface area contributed by atoms with E-state index in [1.807, 2.05) is 56.3 Å². The molecule has 6 rings (SSSR count). The van der Waals surface area contributed by atoms with E-state index in [1.54, 1.807) is 36.7 Å². The summed E-state index contributed by atoms with van der Waals surface area (Å²) in [7, 11) is 0. The van der Waals surface area contributed by atoms with Gasteiger partial charge in [-0.05, 0) is 43.7 Å². The summed E-state index contributed by atoms with van der Waals surface area (Å²) in [6.07, 6.45) is 2.25. The molecule has 2 atom stereocenters. The number of ether oxygens (including phenoxy) is 1. The molecule has 1 aliphatic rings. The molecule has 4 aromatic heterocycles. The molecule has 1 unspecified atom stereocenters. The summed E-state index contributed by atoms with van der Waals surface area (Å²) in [5, 5.41) is 35.5. The van der Waals surface area contributed by atoms with Crippen LogP contribution in [0.3, 0.4) is 0 Å². The van der Waals surface area contributed by atoms with Crippen LogP contribution in [0, 0.1) is 0 Å². The lowest BCUT2D eigenvalue weighted by atomic mass is 10.0. The molecule has 1 aliphatic heterocycles. The van der Waals surface area contributed by atoms with Crippen LogP contribution in [0.5, 0.6) is 0 Å². The van der Waals surface area contributed by atoms with Gasteiger partial charge in [0.15, 0.2) is 6.29 Å². The van der Waals surface area contributed by atoms with Crippen molar-refractivity contribution in [2.75, 3.05) is 17.2 Å². The van der Waals surface area contributed by atoms with Crippen molar-refractivity contribution >= 4 is 17.3 Å². The minimum absolute atomic E-state index is 0.151. The van der Waals surface area contributed by atoms with Crippen molar-refractivity contribution in [2.45, 2.75) is 31.8 Å². The molecule has 11 heteroatoms. The number of rotatable bonds is 8. The van der Waals surface area contributed by atoms with Crippen LogP contribution >= 0.6 is 0 Å². The Morgan fingerprint density at radius 2 is 1.75 bits per heavy atom. The van der Waals surface area contributed by atoms with Crippen LogP contribution in [-0.4, -0.2) is 42.0 Å². The van der Waals surface area contributed by atoms with Crippen molar-refractivity contribution in [3.63, 3.8) is 0 Å². The largest absolute Gasteiger partial charge is 0.414 e. The second kappa shape index (κ2) is 10.5. The lowest BCUT2D eigenvalue weighted by molar-refractivity contribution is -0.158. The van der Waals surface area contributed by atoms with Crippen LogP contribution in [0.2, 0.25) is 0 Å². The average molecular weight is 538 g/mol. The number of nitrogens with zero attached hydrogens (tertiary/aromatic N) is 5. The number of benzene rings is 1. The zero-order valence-corrected chi connectivity index (χ0v) is 21.8. The third-order valence-electron chi connectivity index (χ3n) is 6.58. The van der Waals surface area contributed by atoms with Gasteiger partial charge in [-0.3, -0.25) is 4.98 Å². The third-order valence-corrected chi connectivity index (χ3v) is 6.58. The van der Waals surface area contributed by atoms with Crippen molar-refractivity contribution in [2.24, 2.45) is 0 Å². The number of hydrogen-bond acceptors (Lipinski definition) is 11. The first-order valence-electron chi connectivity index (χ1n) is 12.7. The van der Waals surface area contributed by atoms with Crippen LogP contribution in [-0.2, 0) is 10.3 Å². The Bertz CT molecular complexity index is 1630. The molecule has 0 spiro atoms. The Kier molecular flexibility index (Phi) is 6.68. The smallest absolute Gasteiger partial charge is 0.266 e. The maximum atomic E-state index is 10.2. The predicted octanol–water partition coefficient (Wildman–Crippen LogP) is 4.73. The Hall–Kier alpha value is -4.71. The molecule has 0 amide bonds. The van der Waals surface area contributed by atoms with Crippen molar-refractivity contribution in [3.8, 4) is 23.0 Å². The number of hydrogen-bond donors (Lipinski definition) is 4. The van der Waals surface area contributed by atoms with Gasteiger partial charge in [0.2, 0.25) is 0 Å². The maximum Gasteiger partial charge on any atom is 0.266 e. The zero-order valence-electron chi connectivity index (χ0n) is 21.8. The fourth-order valence-electron chi connectivity index (χ4n) is 4.60. The van der Waals surface area contributed by atoms with E-state index in [-0.39, 0.29) is 18.4 Å². The molecule has 4 N–H and O–H groups in total. The van der Waals surface area contributed by atoms with E-state index in [2.05, 4.69) is 35.8 Å². The third kappa shape index (κ3) is 5.00. The molecule has 0 radical (unpaired) electrons. The summed E-state index contributed by atoms with van der Waals surface area (Å²) in [4.78, 5) is 13.5. The molecule has 1 aromatic carbocycles. The van der Waals surface area contributed by atoms with Gasteiger partial charge in [0.1, 0.15) is 22.9 Å². The first-order chi connectivity index (χ1) is 19.4. The van der Waals surface area contributed by atoms with Gasteiger partial charge in [0.25, 0.3) is 11.8 Å². The highest BCUT2D eigenvalue weighted by atomic mass is 16.6. The number of aliphatic hydroxyl groups excluding tert-OH is 2. The molecule has 5 aromatic rings. The van der Waals surface area contributed by atoms with Crippen molar-refractivity contribution in [3.05, 3.63) is 95.9 Å². The van der Waals surface area contributed by atoms with Crippen molar-refractivity contribution in [1.29, 1.82) is 0 Å². The number of fused-ring (bicyclic) bond motifs is 1. The second-order valence-corrected chi connectivity index (χ2v) is 9.77. The van der Waals surface area contributed by atoms with Crippen LogP contribution in [0.4, 0.5) is 17.3 Å². The lowest BCUT2D eigenvalue weighted by Crippen LogP contribution is -2.17. The molecule has 0 fully saturated rings. The number of anilines is 3. The molecule has 0 bridgehead atoms. The van der Waals surface area contributed by atoms with E-state index in [0.29, 0.717) is 39.8 Å².